The number of rotatable bonds is 3. The summed E-state index contributed by atoms with van der Waals surface area (Å²) in [7, 11) is 0. The van der Waals surface area contributed by atoms with Crippen LogP contribution in [-0.2, 0) is 14.3 Å². The highest BCUT2D eigenvalue weighted by molar-refractivity contribution is 8.00. The zero-order chi connectivity index (χ0) is 13.4. The minimum atomic E-state index is -0.525. The number of ether oxygens (including phenoxy) is 1. The molecular weight excluding hydrogens is 252 g/mol. The molecule has 6 heteroatoms. The van der Waals surface area contributed by atoms with Crippen LogP contribution in [0.25, 0.3) is 0 Å². The molecule has 1 saturated heterocycles. The molecule has 0 radical (unpaired) electrons. The van der Waals surface area contributed by atoms with Crippen molar-refractivity contribution in [1.29, 1.82) is 0 Å². The van der Waals surface area contributed by atoms with Crippen molar-refractivity contribution in [1.82, 2.24) is 4.90 Å². The van der Waals surface area contributed by atoms with Gasteiger partial charge in [0.15, 0.2) is 0 Å². The molecule has 2 aliphatic rings. The van der Waals surface area contributed by atoms with E-state index in [1.165, 1.54) is 4.90 Å². The molecule has 1 fully saturated rings. The highest BCUT2D eigenvalue weighted by Gasteiger charge is 2.51. The van der Waals surface area contributed by atoms with E-state index < -0.39 is 12.0 Å². The lowest BCUT2D eigenvalue weighted by atomic mass is 10.0. The Kier molecular flexibility index (Phi) is 3.49. The fourth-order valence-corrected chi connectivity index (χ4v) is 3.24. The number of nitrogens with two attached hydrogens (primary N) is 1. The van der Waals surface area contributed by atoms with E-state index in [-0.39, 0.29) is 17.4 Å². The van der Waals surface area contributed by atoms with Crippen LogP contribution in [0.15, 0.2) is 23.9 Å². The summed E-state index contributed by atoms with van der Waals surface area (Å²) in [4.78, 5) is 25.2. The Bertz CT molecular complexity index is 445. The molecule has 2 heterocycles. The molecule has 98 valence electrons. The summed E-state index contributed by atoms with van der Waals surface area (Å²) in [5, 5.41) is -0.157. The first-order chi connectivity index (χ1) is 8.47. The van der Waals surface area contributed by atoms with Gasteiger partial charge in [0.25, 0.3) is 0 Å². The van der Waals surface area contributed by atoms with Crippen molar-refractivity contribution >= 4 is 23.6 Å². The van der Waals surface area contributed by atoms with Crippen molar-refractivity contribution in [2.45, 2.75) is 31.4 Å². The van der Waals surface area contributed by atoms with Crippen molar-refractivity contribution in [2.75, 3.05) is 5.75 Å². The van der Waals surface area contributed by atoms with E-state index in [0.717, 1.165) is 5.57 Å². The van der Waals surface area contributed by atoms with Gasteiger partial charge in [-0.05, 0) is 19.4 Å². The monoisotopic (exact) mass is 268 g/mol. The Labute approximate surface area is 110 Å². The summed E-state index contributed by atoms with van der Waals surface area (Å²) in [6, 6.07) is -0.525. The molecule has 0 saturated carbocycles. The van der Waals surface area contributed by atoms with E-state index >= 15 is 0 Å². The smallest absolute Gasteiger partial charge is 0.355 e. The predicted molar refractivity (Wildman–Crippen MR) is 69.5 cm³/mol. The fourth-order valence-electron chi connectivity index (χ4n) is 1.96. The van der Waals surface area contributed by atoms with E-state index in [0.29, 0.717) is 11.4 Å². The van der Waals surface area contributed by atoms with Crippen LogP contribution in [0.4, 0.5) is 0 Å². The van der Waals surface area contributed by atoms with Crippen LogP contribution in [0.2, 0.25) is 0 Å². The Morgan fingerprint density at radius 2 is 2.33 bits per heavy atom. The zero-order valence-corrected chi connectivity index (χ0v) is 11.2. The number of hydrogen-bond donors (Lipinski definition) is 1. The number of amides is 1. The maximum absolute atomic E-state index is 12.0. The molecule has 0 aromatic rings. The first kappa shape index (κ1) is 13.2. The Balaban J connectivity index is 2.32. The Hall–Kier alpha value is -1.27. The van der Waals surface area contributed by atoms with E-state index in [2.05, 4.69) is 6.58 Å². The van der Waals surface area contributed by atoms with Gasteiger partial charge in [0.2, 0.25) is 5.91 Å². The number of nitrogens with zero attached hydrogens (tertiary/aromatic N) is 1. The Morgan fingerprint density at radius 3 is 2.89 bits per heavy atom. The summed E-state index contributed by atoms with van der Waals surface area (Å²) >= 11 is 1.54. The third kappa shape index (κ3) is 1.95. The highest BCUT2D eigenvalue weighted by atomic mass is 32.2. The molecular formula is C12H16N2O3S. The number of β-lactam (4-membered cyclic amide) rings is 1. The predicted octanol–water partition coefficient (Wildman–Crippen LogP) is 0.620. The number of allylic oxidation sites excluding steroid dienone is 1. The third-order valence-corrected chi connectivity index (χ3v) is 4.14. The lowest BCUT2D eigenvalue weighted by Crippen LogP contribution is -2.68. The topological polar surface area (TPSA) is 72.6 Å². The van der Waals surface area contributed by atoms with E-state index in [9.17, 15) is 9.59 Å². The summed E-state index contributed by atoms with van der Waals surface area (Å²) in [5.74, 6) is -0.0959. The second kappa shape index (κ2) is 4.78. The average Bonchev–Trinajstić information content (AvgIpc) is 2.35. The number of hydrogen-bond acceptors (Lipinski definition) is 5. The van der Waals surface area contributed by atoms with Crippen molar-refractivity contribution in [3.8, 4) is 0 Å². The number of fused-ring (bicyclic) bond motifs is 1. The molecule has 0 aromatic carbocycles. The molecule has 0 spiro atoms. The number of esters is 1. The minimum Gasteiger partial charge on any atom is -0.458 e. The number of carbonyl (C=O) groups excluding carboxylic acids is 2. The fraction of sp³-hybridized carbons (Fsp3) is 0.500. The first-order valence-electron chi connectivity index (χ1n) is 5.74. The molecule has 0 aliphatic carbocycles. The molecule has 18 heavy (non-hydrogen) atoms. The lowest BCUT2D eigenvalue weighted by molar-refractivity contribution is -0.152. The number of carbonyl (C=O) groups is 2. The van der Waals surface area contributed by atoms with Crippen molar-refractivity contribution in [2.24, 2.45) is 5.73 Å². The van der Waals surface area contributed by atoms with Crippen molar-refractivity contribution in [3.63, 3.8) is 0 Å². The van der Waals surface area contributed by atoms with Gasteiger partial charge in [-0.15, -0.1) is 11.8 Å². The highest BCUT2D eigenvalue weighted by Crippen LogP contribution is 2.39. The number of thioether (sulfide) groups is 1. The summed E-state index contributed by atoms with van der Waals surface area (Å²) in [6.07, 6.45) is 1.37. The Morgan fingerprint density at radius 1 is 1.67 bits per heavy atom. The summed E-state index contributed by atoms with van der Waals surface area (Å²) in [5.41, 5.74) is 6.74. The molecule has 1 amide bonds. The maximum atomic E-state index is 12.0. The van der Waals surface area contributed by atoms with Gasteiger partial charge in [0.05, 0.1) is 6.10 Å². The average molecular weight is 268 g/mol. The molecule has 2 rings (SSSR count). The second-order valence-electron chi connectivity index (χ2n) is 4.47. The van der Waals surface area contributed by atoms with E-state index in [1.54, 1.807) is 31.7 Å². The zero-order valence-electron chi connectivity index (χ0n) is 10.4. The van der Waals surface area contributed by atoms with Crippen molar-refractivity contribution < 1.29 is 14.3 Å². The van der Waals surface area contributed by atoms with Gasteiger partial charge < -0.3 is 10.5 Å². The molecule has 2 atom stereocenters. The van der Waals surface area contributed by atoms with Gasteiger partial charge in [-0.3, -0.25) is 9.69 Å². The van der Waals surface area contributed by atoms with Crippen molar-refractivity contribution in [3.05, 3.63) is 23.9 Å². The van der Waals surface area contributed by atoms with Gasteiger partial charge in [0, 0.05) is 5.75 Å². The van der Waals surface area contributed by atoms with Crippen LogP contribution in [0, 0.1) is 0 Å². The molecule has 0 aromatic heterocycles. The van der Waals surface area contributed by atoms with Crippen LogP contribution in [0.1, 0.15) is 13.8 Å². The maximum Gasteiger partial charge on any atom is 0.355 e. The van der Waals surface area contributed by atoms with Crippen LogP contribution in [0.3, 0.4) is 0 Å². The van der Waals surface area contributed by atoms with Gasteiger partial charge in [-0.1, -0.05) is 12.7 Å². The summed E-state index contributed by atoms with van der Waals surface area (Å²) in [6.45, 7) is 7.21. The molecule has 5 nitrogen and oxygen atoms in total. The molecule has 2 aliphatic heterocycles. The van der Waals surface area contributed by atoms with Gasteiger partial charge in [-0.25, -0.2) is 4.79 Å². The van der Waals surface area contributed by atoms with Crippen LogP contribution >= 0.6 is 11.8 Å². The first-order valence-corrected chi connectivity index (χ1v) is 6.79. The molecule has 2 N–H and O–H groups in total. The quantitative estimate of drug-likeness (QED) is 0.600. The standard InChI is InChI=1S/C12H16N2O3S/c1-4-7-5-18-11-8(13)10(15)14(11)9(7)12(16)17-6(2)3/h4,6,8,11H,1,5,13H2,2-3H3/t8?,11-/m1/s1. The van der Waals surface area contributed by atoms with Gasteiger partial charge >= 0.3 is 5.97 Å². The SMILES string of the molecule is C=CC1=C(C(=O)OC(C)C)N2C(=O)C(N)[C@H]2SC1. The molecule has 0 bridgehead atoms. The largest absolute Gasteiger partial charge is 0.458 e. The van der Waals surface area contributed by atoms with E-state index in [1.807, 2.05) is 0 Å². The summed E-state index contributed by atoms with van der Waals surface area (Å²) < 4.78 is 5.17. The normalized spacial score (nSPS) is 26.9. The van der Waals surface area contributed by atoms with E-state index in [4.69, 9.17) is 10.5 Å². The third-order valence-electron chi connectivity index (χ3n) is 2.82. The van der Waals surface area contributed by atoms with Crippen LogP contribution in [0.5, 0.6) is 0 Å². The van der Waals surface area contributed by atoms with Gasteiger partial charge in [0.1, 0.15) is 17.1 Å². The van der Waals surface area contributed by atoms with Crippen LogP contribution < -0.4 is 5.73 Å². The second-order valence-corrected chi connectivity index (χ2v) is 5.57. The van der Waals surface area contributed by atoms with Gasteiger partial charge in [-0.2, -0.15) is 0 Å². The molecule has 1 unspecified atom stereocenters. The van der Waals surface area contributed by atoms with Crippen LogP contribution in [-0.4, -0.2) is 40.0 Å². The minimum absolute atomic E-state index is 0.157. The lowest BCUT2D eigenvalue weighted by Gasteiger charge is -2.48.